The summed E-state index contributed by atoms with van der Waals surface area (Å²) in [5, 5.41) is 13.2. The van der Waals surface area contributed by atoms with Crippen LogP contribution in [0.3, 0.4) is 0 Å². The number of hydrogen-bond acceptors (Lipinski definition) is 3. The molecule has 1 N–H and O–H groups in total. The fourth-order valence-corrected chi connectivity index (χ4v) is 3.67. The molecule has 0 unspecified atom stereocenters. The van der Waals surface area contributed by atoms with Crippen molar-refractivity contribution in [2.75, 3.05) is 13.1 Å². The molecule has 1 aromatic heterocycles. The van der Waals surface area contributed by atoms with Gasteiger partial charge in [0.05, 0.1) is 6.04 Å². The molecule has 1 saturated carbocycles. The van der Waals surface area contributed by atoms with Gasteiger partial charge in [0.1, 0.15) is 5.69 Å². The van der Waals surface area contributed by atoms with Gasteiger partial charge in [-0.2, -0.15) is 5.10 Å². The molecule has 1 amide bonds. The Morgan fingerprint density at radius 3 is 2.50 bits per heavy atom. The lowest BCUT2D eigenvalue weighted by Crippen LogP contribution is -2.40. The van der Waals surface area contributed by atoms with E-state index >= 15 is 0 Å². The summed E-state index contributed by atoms with van der Waals surface area (Å²) in [7, 11) is 0. The average molecular weight is 305 g/mol. The van der Waals surface area contributed by atoms with Gasteiger partial charge in [-0.25, -0.2) is 0 Å². The van der Waals surface area contributed by atoms with Crippen molar-refractivity contribution in [1.29, 1.82) is 0 Å². The van der Waals surface area contributed by atoms with Gasteiger partial charge in [-0.15, -0.1) is 0 Å². The summed E-state index contributed by atoms with van der Waals surface area (Å²) in [5.41, 5.74) is 0.684. The maximum Gasteiger partial charge on any atom is 0.303 e. The lowest BCUT2D eigenvalue weighted by Gasteiger charge is -2.31. The number of aromatic nitrogens is 2. The zero-order valence-electron chi connectivity index (χ0n) is 12.8. The van der Waals surface area contributed by atoms with E-state index in [9.17, 15) is 9.59 Å². The van der Waals surface area contributed by atoms with Crippen molar-refractivity contribution < 1.29 is 14.7 Å². The van der Waals surface area contributed by atoms with Crippen LogP contribution in [-0.2, 0) is 4.79 Å². The normalized spacial score (nSPS) is 20.5. The Morgan fingerprint density at radius 2 is 1.86 bits per heavy atom. The van der Waals surface area contributed by atoms with Crippen molar-refractivity contribution in [3.8, 4) is 0 Å². The van der Waals surface area contributed by atoms with Crippen molar-refractivity contribution in [3.63, 3.8) is 0 Å². The average Bonchev–Trinajstić information content (AvgIpc) is 3.17. The standard InChI is InChI=1S/C16H23N3O3/c20-15(21)11-12-6-9-18(10-7-12)16(22)14-5-8-17-19(14)13-3-1-2-4-13/h5,8,12-13H,1-4,6-7,9-11H2,(H,20,21). The van der Waals surface area contributed by atoms with Gasteiger partial charge in [0.2, 0.25) is 0 Å². The van der Waals surface area contributed by atoms with Crippen LogP contribution in [0.4, 0.5) is 0 Å². The van der Waals surface area contributed by atoms with Gasteiger partial charge in [0, 0.05) is 25.7 Å². The van der Waals surface area contributed by atoms with E-state index in [1.807, 2.05) is 15.6 Å². The minimum absolute atomic E-state index is 0.0400. The zero-order chi connectivity index (χ0) is 15.5. The number of carbonyl (C=O) groups excluding carboxylic acids is 1. The van der Waals surface area contributed by atoms with Gasteiger partial charge in [-0.1, -0.05) is 12.8 Å². The highest BCUT2D eigenvalue weighted by atomic mass is 16.4. The molecule has 0 aromatic carbocycles. The van der Waals surface area contributed by atoms with E-state index in [1.54, 1.807) is 6.20 Å². The summed E-state index contributed by atoms with van der Waals surface area (Å²) in [6.45, 7) is 1.29. The summed E-state index contributed by atoms with van der Waals surface area (Å²) < 4.78 is 1.90. The predicted octanol–water partition coefficient (Wildman–Crippen LogP) is 2.33. The first kappa shape index (κ1) is 15.1. The predicted molar refractivity (Wildman–Crippen MR) is 80.6 cm³/mol. The van der Waals surface area contributed by atoms with Crippen LogP contribution in [0.25, 0.3) is 0 Å². The molecule has 0 bridgehead atoms. The monoisotopic (exact) mass is 305 g/mol. The van der Waals surface area contributed by atoms with Crippen molar-refractivity contribution >= 4 is 11.9 Å². The van der Waals surface area contributed by atoms with Crippen molar-refractivity contribution in [3.05, 3.63) is 18.0 Å². The molecular weight excluding hydrogens is 282 g/mol. The van der Waals surface area contributed by atoms with Crippen LogP contribution in [0.15, 0.2) is 12.3 Å². The Bertz CT molecular complexity index is 541. The highest BCUT2D eigenvalue weighted by Gasteiger charge is 2.28. The van der Waals surface area contributed by atoms with Crippen LogP contribution in [0.2, 0.25) is 0 Å². The second-order valence-electron chi connectivity index (χ2n) is 6.43. The van der Waals surface area contributed by atoms with E-state index in [0.29, 0.717) is 24.8 Å². The molecule has 1 aliphatic carbocycles. The summed E-state index contributed by atoms with van der Waals surface area (Å²) in [6, 6.07) is 2.17. The number of aliphatic carboxylic acids is 1. The maximum atomic E-state index is 12.7. The number of nitrogens with zero attached hydrogens (tertiary/aromatic N) is 3. The molecule has 1 aliphatic heterocycles. The van der Waals surface area contributed by atoms with E-state index < -0.39 is 5.97 Å². The molecule has 6 nitrogen and oxygen atoms in total. The fraction of sp³-hybridized carbons (Fsp3) is 0.688. The van der Waals surface area contributed by atoms with Gasteiger partial charge in [0.15, 0.2) is 0 Å². The Hall–Kier alpha value is -1.85. The molecule has 2 aliphatic rings. The third-order valence-corrected chi connectivity index (χ3v) is 4.93. The van der Waals surface area contributed by atoms with Crippen LogP contribution in [0, 0.1) is 5.92 Å². The second-order valence-corrected chi connectivity index (χ2v) is 6.43. The van der Waals surface area contributed by atoms with Crippen molar-refractivity contribution in [1.82, 2.24) is 14.7 Å². The van der Waals surface area contributed by atoms with E-state index in [1.165, 1.54) is 12.8 Å². The number of piperidine rings is 1. The largest absolute Gasteiger partial charge is 0.481 e. The Kier molecular flexibility index (Phi) is 4.45. The smallest absolute Gasteiger partial charge is 0.303 e. The number of carboxylic acids is 1. The highest BCUT2D eigenvalue weighted by Crippen LogP contribution is 2.30. The SMILES string of the molecule is O=C(O)CC1CCN(C(=O)c2ccnn2C2CCCC2)CC1. The van der Waals surface area contributed by atoms with Crippen LogP contribution in [-0.4, -0.2) is 44.8 Å². The van der Waals surface area contributed by atoms with E-state index in [2.05, 4.69) is 5.10 Å². The molecule has 0 atom stereocenters. The van der Waals surface area contributed by atoms with Gasteiger partial charge in [0.25, 0.3) is 5.91 Å². The molecule has 2 heterocycles. The number of amides is 1. The number of likely N-dealkylation sites (tertiary alicyclic amines) is 1. The van der Waals surface area contributed by atoms with Crippen LogP contribution in [0.5, 0.6) is 0 Å². The highest BCUT2D eigenvalue weighted by molar-refractivity contribution is 5.92. The van der Waals surface area contributed by atoms with Gasteiger partial charge in [-0.3, -0.25) is 14.3 Å². The third-order valence-electron chi connectivity index (χ3n) is 4.93. The van der Waals surface area contributed by atoms with Crippen LogP contribution in [0.1, 0.15) is 61.5 Å². The molecule has 22 heavy (non-hydrogen) atoms. The summed E-state index contributed by atoms with van der Waals surface area (Å²) in [5.74, 6) is -0.511. The van der Waals surface area contributed by atoms with Gasteiger partial charge < -0.3 is 10.0 Å². The number of carboxylic acid groups (broad SMARTS) is 1. The molecule has 6 heteroatoms. The molecule has 0 radical (unpaired) electrons. The fourth-order valence-electron chi connectivity index (χ4n) is 3.67. The maximum absolute atomic E-state index is 12.7. The lowest BCUT2D eigenvalue weighted by molar-refractivity contribution is -0.138. The molecule has 3 rings (SSSR count). The quantitative estimate of drug-likeness (QED) is 0.926. The minimum Gasteiger partial charge on any atom is -0.481 e. The summed E-state index contributed by atoms with van der Waals surface area (Å²) in [6.07, 6.45) is 8.08. The molecular formula is C16H23N3O3. The van der Waals surface area contributed by atoms with Crippen molar-refractivity contribution in [2.45, 2.75) is 51.0 Å². The Balaban J connectivity index is 1.63. The first-order valence-electron chi connectivity index (χ1n) is 8.19. The van der Waals surface area contributed by atoms with Gasteiger partial charge in [-0.05, 0) is 37.7 Å². The van der Waals surface area contributed by atoms with Crippen LogP contribution >= 0.6 is 0 Å². The van der Waals surface area contributed by atoms with E-state index in [0.717, 1.165) is 25.7 Å². The molecule has 2 fully saturated rings. The van der Waals surface area contributed by atoms with E-state index in [-0.39, 0.29) is 18.2 Å². The lowest BCUT2D eigenvalue weighted by atomic mass is 9.93. The first-order chi connectivity index (χ1) is 10.6. The topological polar surface area (TPSA) is 75.4 Å². The third kappa shape index (κ3) is 3.15. The first-order valence-corrected chi connectivity index (χ1v) is 8.19. The molecule has 120 valence electrons. The van der Waals surface area contributed by atoms with Gasteiger partial charge >= 0.3 is 5.97 Å². The van der Waals surface area contributed by atoms with Crippen LogP contribution < -0.4 is 0 Å². The summed E-state index contributed by atoms with van der Waals surface area (Å²) >= 11 is 0. The number of rotatable bonds is 4. The molecule has 0 spiro atoms. The summed E-state index contributed by atoms with van der Waals surface area (Å²) in [4.78, 5) is 25.3. The number of hydrogen-bond donors (Lipinski definition) is 1. The molecule has 1 saturated heterocycles. The molecule has 1 aromatic rings. The number of carbonyl (C=O) groups is 2. The van der Waals surface area contributed by atoms with E-state index in [4.69, 9.17) is 5.11 Å². The van der Waals surface area contributed by atoms with Crippen molar-refractivity contribution in [2.24, 2.45) is 5.92 Å². The minimum atomic E-state index is -0.746. The Labute approximate surface area is 130 Å². The second kappa shape index (κ2) is 6.50. The zero-order valence-corrected chi connectivity index (χ0v) is 12.8. The Morgan fingerprint density at radius 1 is 1.18 bits per heavy atom.